The van der Waals surface area contributed by atoms with Crippen LogP contribution in [0.4, 0.5) is 10.9 Å². The van der Waals surface area contributed by atoms with Crippen molar-refractivity contribution >= 4 is 55.5 Å². The van der Waals surface area contributed by atoms with E-state index in [2.05, 4.69) is 14.7 Å². The van der Waals surface area contributed by atoms with E-state index in [9.17, 15) is 13.7 Å². The second-order valence-corrected chi connectivity index (χ2v) is 10.3. The van der Waals surface area contributed by atoms with Crippen molar-refractivity contribution in [1.82, 2.24) is 9.97 Å². The summed E-state index contributed by atoms with van der Waals surface area (Å²) in [5.41, 5.74) is 7.15. The quantitative estimate of drug-likeness (QED) is 0.342. The predicted octanol–water partition coefficient (Wildman–Crippen LogP) is 5.56. The number of nitrogen functional groups attached to an aromatic ring is 1. The van der Waals surface area contributed by atoms with Crippen LogP contribution in [0.2, 0.25) is 9.36 Å². The molecule has 0 bridgehead atoms. The molecule has 4 rings (SSSR count). The summed E-state index contributed by atoms with van der Waals surface area (Å²) in [6.07, 6.45) is 2.89. The molecule has 0 spiro atoms. The third kappa shape index (κ3) is 5.18. The maximum Gasteiger partial charge on any atom is 0.263 e. The molecule has 2 heterocycles. The molecular formula is C21H13Cl2N5O3S2. The van der Waals surface area contributed by atoms with E-state index in [-0.39, 0.29) is 21.3 Å². The van der Waals surface area contributed by atoms with E-state index in [1.165, 1.54) is 24.4 Å². The average molecular weight is 518 g/mol. The van der Waals surface area contributed by atoms with Crippen LogP contribution in [0.3, 0.4) is 0 Å². The Morgan fingerprint density at radius 3 is 2.55 bits per heavy atom. The van der Waals surface area contributed by atoms with Gasteiger partial charge in [-0.1, -0.05) is 34.5 Å². The molecule has 2 aromatic carbocycles. The minimum absolute atomic E-state index is 0.0187. The Labute approximate surface area is 203 Å². The van der Waals surface area contributed by atoms with Gasteiger partial charge in [0.05, 0.1) is 16.7 Å². The summed E-state index contributed by atoms with van der Waals surface area (Å²) in [6.45, 7) is 0. The van der Waals surface area contributed by atoms with Gasteiger partial charge in [-0.3, -0.25) is 4.72 Å². The standard InChI is InChI=1S/C21H13Cl2N5O3S2/c22-14-1-3-18(16(9-14)12-5-6-26-20(25)8-12)31-17-4-2-15(7-13(17)10-24)33(29,30)28-21-27-11-19(23)32-21/h1-9,11H,(H2,25,26)(H,27,28). The van der Waals surface area contributed by atoms with Gasteiger partial charge in [-0.15, -0.1) is 0 Å². The Hall–Kier alpha value is -3.36. The Bertz CT molecular complexity index is 1500. The number of nitrogens with two attached hydrogens (primary N) is 1. The largest absolute Gasteiger partial charge is 0.455 e. The number of nitrogens with one attached hydrogen (secondary N) is 1. The first-order valence-electron chi connectivity index (χ1n) is 9.13. The number of sulfonamides is 1. The predicted molar refractivity (Wildman–Crippen MR) is 128 cm³/mol. The zero-order chi connectivity index (χ0) is 23.6. The van der Waals surface area contributed by atoms with Crippen LogP contribution < -0.4 is 15.2 Å². The van der Waals surface area contributed by atoms with Gasteiger partial charge in [-0.05, 0) is 54.1 Å². The average Bonchev–Trinajstić information content (AvgIpc) is 3.18. The van der Waals surface area contributed by atoms with Crippen LogP contribution in [-0.4, -0.2) is 18.4 Å². The Morgan fingerprint density at radius 2 is 1.85 bits per heavy atom. The number of anilines is 2. The normalized spacial score (nSPS) is 11.1. The van der Waals surface area contributed by atoms with Crippen molar-refractivity contribution in [2.75, 3.05) is 10.5 Å². The van der Waals surface area contributed by atoms with Crippen LogP contribution in [-0.2, 0) is 10.0 Å². The molecule has 0 fully saturated rings. The minimum atomic E-state index is -3.99. The van der Waals surface area contributed by atoms with E-state index in [4.69, 9.17) is 33.7 Å². The third-order valence-corrected chi connectivity index (χ3v) is 7.07. The number of hydrogen-bond donors (Lipinski definition) is 2. The molecule has 0 unspecified atom stereocenters. The van der Waals surface area contributed by atoms with Gasteiger partial charge >= 0.3 is 0 Å². The van der Waals surface area contributed by atoms with Gasteiger partial charge in [0.1, 0.15) is 27.7 Å². The van der Waals surface area contributed by atoms with E-state index in [1.54, 1.807) is 36.5 Å². The van der Waals surface area contributed by atoms with Crippen LogP contribution in [0.25, 0.3) is 11.1 Å². The molecule has 33 heavy (non-hydrogen) atoms. The summed E-state index contributed by atoms with van der Waals surface area (Å²) in [5, 5.41) is 10.2. The summed E-state index contributed by atoms with van der Waals surface area (Å²) in [7, 11) is -3.99. The highest BCUT2D eigenvalue weighted by Crippen LogP contribution is 2.37. The first kappa shape index (κ1) is 22.8. The Morgan fingerprint density at radius 1 is 1.06 bits per heavy atom. The molecule has 0 atom stereocenters. The molecule has 0 aliphatic rings. The third-order valence-electron chi connectivity index (χ3n) is 4.33. The second-order valence-electron chi connectivity index (χ2n) is 6.56. The van der Waals surface area contributed by atoms with Crippen molar-refractivity contribution in [3.05, 3.63) is 75.8 Å². The van der Waals surface area contributed by atoms with Crippen molar-refractivity contribution in [2.45, 2.75) is 4.90 Å². The fraction of sp³-hybridized carbons (Fsp3) is 0. The summed E-state index contributed by atoms with van der Waals surface area (Å²) >= 11 is 12.9. The lowest BCUT2D eigenvalue weighted by Crippen LogP contribution is -2.13. The first-order valence-corrected chi connectivity index (χ1v) is 12.2. The lowest BCUT2D eigenvalue weighted by molar-refractivity contribution is 0.482. The highest BCUT2D eigenvalue weighted by molar-refractivity contribution is 7.93. The Balaban J connectivity index is 1.68. The van der Waals surface area contributed by atoms with Gasteiger partial charge < -0.3 is 10.5 Å². The van der Waals surface area contributed by atoms with Crippen molar-refractivity contribution in [3.63, 3.8) is 0 Å². The molecule has 0 aliphatic heterocycles. The number of nitriles is 1. The smallest absolute Gasteiger partial charge is 0.263 e. The topological polar surface area (TPSA) is 131 Å². The molecule has 0 aliphatic carbocycles. The first-order chi connectivity index (χ1) is 15.7. The summed E-state index contributed by atoms with van der Waals surface area (Å²) in [6, 6.07) is 14.3. The van der Waals surface area contributed by atoms with Crippen molar-refractivity contribution < 1.29 is 13.2 Å². The van der Waals surface area contributed by atoms with Crippen molar-refractivity contribution in [3.8, 4) is 28.7 Å². The van der Waals surface area contributed by atoms with E-state index in [1.807, 2.05) is 6.07 Å². The van der Waals surface area contributed by atoms with E-state index < -0.39 is 10.0 Å². The molecule has 0 amide bonds. The highest BCUT2D eigenvalue weighted by atomic mass is 35.5. The van der Waals surface area contributed by atoms with E-state index >= 15 is 0 Å². The number of benzene rings is 2. The zero-order valence-corrected chi connectivity index (χ0v) is 19.6. The summed E-state index contributed by atoms with van der Waals surface area (Å²) < 4.78 is 34.0. The van der Waals surface area contributed by atoms with Crippen LogP contribution in [0.1, 0.15) is 5.56 Å². The molecule has 4 aromatic rings. The number of rotatable bonds is 6. The van der Waals surface area contributed by atoms with Crippen LogP contribution in [0.15, 0.2) is 65.8 Å². The lowest BCUT2D eigenvalue weighted by atomic mass is 10.1. The van der Waals surface area contributed by atoms with Crippen LogP contribution in [0.5, 0.6) is 11.5 Å². The molecular weight excluding hydrogens is 505 g/mol. The minimum Gasteiger partial charge on any atom is -0.455 e. The monoisotopic (exact) mass is 517 g/mol. The number of halogens is 2. The van der Waals surface area contributed by atoms with Gasteiger partial charge in [0.15, 0.2) is 5.13 Å². The second kappa shape index (κ2) is 9.25. The molecule has 8 nitrogen and oxygen atoms in total. The Kier molecular flexibility index (Phi) is 6.40. The summed E-state index contributed by atoms with van der Waals surface area (Å²) in [4.78, 5) is 7.73. The van der Waals surface area contributed by atoms with Crippen LogP contribution in [0, 0.1) is 11.3 Å². The van der Waals surface area contributed by atoms with E-state index in [0.29, 0.717) is 32.1 Å². The fourth-order valence-electron chi connectivity index (χ4n) is 2.88. The maximum absolute atomic E-state index is 12.7. The molecule has 0 radical (unpaired) electrons. The summed E-state index contributed by atoms with van der Waals surface area (Å²) in [5.74, 6) is 0.881. The highest BCUT2D eigenvalue weighted by Gasteiger charge is 2.19. The van der Waals surface area contributed by atoms with Gasteiger partial charge in [-0.25, -0.2) is 18.4 Å². The number of pyridine rings is 1. The number of ether oxygens (including phenoxy) is 1. The van der Waals surface area contributed by atoms with Gasteiger partial charge in [-0.2, -0.15) is 5.26 Å². The molecule has 2 aromatic heterocycles. The van der Waals surface area contributed by atoms with Gasteiger partial charge in [0.25, 0.3) is 10.0 Å². The molecule has 0 saturated carbocycles. The SMILES string of the molecule is N#Cc1cc(S(=O)(=O)Nc2ncc(Cl)s2)ccc1Oc1ccc(Cl)cc1-c1ccnc(N)c1. The van der Waals surface area contributed by atoms with Crippen molar-refractivity contribution in [1.29, 1.82) is 5.26 Å². The molecule has 3 N–H and O–H groups in total. The number of aromatic nitrogens is 2. The molecule has 12 heteroatoms. The maximum atomic E-state index is 12.7. The lowest BCUT2D eigenvalue weighted by Gasteiger charge is -2.14. The molecule has 166 valence electrons. The zero-order valence-electron chi connectivity index (χ0n) is 16.5. The fourth-order valence-corrected chi connectivity index (χ4v) is 5.13. The van der Waals surface area contributed by atoms with Gasteiger partial charge in [0.2, 0.25) is 0 Å². The van der Waals surface area contributed by atoms with Crippen LogP contribution >= 0.6 is 34.5 Å². The number of nitrogens with zero attached hydrogens (tertiary/aromatic N) is 3. The van der Waals surface area contributed by atoms with E-state index in [0.717, 1.165) is 11.3 Å². The van der Waals surface area contributed by atoms with Crippen molar-refractivity contribution in [2.24, 2.45) is 0 Å². The molecule has 0 saturated heterocycles. The number of thiazole rings is 1. The van der Waals surface area contributed by atoms with Gasteiger partial charge in [0, 0.05) is 16.8 Å². The number of hydrogen-bond acceptors (Lipinski definition) is 8.